The minimum Gasteiger partial charge on any atom is -0.494 e. The molecule has 8 nitrogen and oxygen atoms in total. The predicted molar refractivity (Wildman–Crippen MR) is 105 cm³/mol. The van der Waals surface area contributed by atoms with Gasteiger partial charge in [-0.15, -0.1) is 0 Å². The van der Waals surface area contributed by atoms with Crippen molar-refractivity contribution in [3.63, 3.8) is 0 Å². The summed E-state index contributed by atoms with van der Waals surface area (Å²) in [5.74, 6) is 1.01. The van der Waals surface area contributed by atoms with Crippen LogP contribution in [0.3, 0.4) is 0 Å². The smallest absolute Gasteiger partial charge is 0.318 e. The molecule has 0 saturated heterocycles. The van der Waals surface area contributed by atoms with E-state index in [-0.39, 0.29) is 11.4 Å². The lowest BCUT2D eigenvalue weighted by Crippen LogP contribution is -1.98. The molecule has 0 atom stereocenters. The highest BCUT2D eigenvalue weighted by Gasteiger charge is 2.21. The third kappa shape index (κ3) is 6.53. The van der Waals surface area contributed by atoms with E-state index in [2.05, 4.69) is 6.92 Å². The lowest BCUT2D eigenvalue weighted by molar-refractivity contribution is -0.394. The molecular formula is C20H24N2O6. The maximum atomic E-state index is 11.2. The maximum absolute atomic E-state index is 11.2. The van der Waals surface area contributed by atoms with Crippen LogP contribution in [-0.2, 0) is 0 Å². The molecule has 0 aliphatic carbocycles. The summed E-state index contributed by atoms with van der Waals surface area (Å²) in [6.07, 6.45) is 7.13. The fourth-order valence-corrected chi connectivity index (χ4v) is 2.65. The molecule has 0 unspecified atom stereocenters. The van der Waals surface area contributed by atoms with Crippen molar-refractivity contribution in [2.75, 3.05) is 6.61 Å². The van der Waals surface area contributed by atoms with Gasteiger partial charge in [-0.05, 0) is 36.8 Å². The molecule has 150 valence electrons. The van der Waals surface area contributed by atoms with Crippen molar-refractivity contribution in [1.29, 1.82) is 0 Å². The van der Waals surface area contributed by atoms with Gasteiger partial charge in [-0.2, -0.15) is 0 Å². The molecule has 0 amide bonds. The molecule has 0 fully saturated rings. The van der Waals surface area contributed by atoms with Crippen LogP contribution in [0.4, 0.5) is 11.4 Å². The first-order valence-corrected chi connectivity index (χ1v) is 9.35. The maximum Gasteiger partial charge on any atom is 0.318 e. The Balaban J connectivity index is 1.90. The highest BCUT2D eigenvalue weighted by atomic mass is 16.6. The second-order valence-corrected chi connectivity index (χ2v) is 6.36. The zero-order valence-corrected chi connectivity index (χ0v) is 15.8. The van der Waals surface area contributed by atoms with Crippen LogP contribution >= 0.6 is 0 Å². The predicted octanol–water partition coefficient (Wildman–Crippen LogP) is 6.03. The van der Waals surface area contributed by atoms with E-state index >= 15 is 0 Å². The van der Waals surface area contributed by atoms with Gasteiger partial charge in [0.1, 0.15) is 11.5 Å². The van der Waals surface area contributed by atoms with Gasteiger partial charge in [-0.3, -0.25) is 20.2 Å². The Morgan fingerprint density at radius 1 is 0.821 bits per heavy atom. The molecule has 0 radical (unpaired) electrons. The van der Waals surface area contributed by atoms with E-state index in [0.29, 0.717) is 18.1 Å². The molecule has 0 bridgehead atoms. The number of nitro groups is 2. The number of unbranched alkanes of at least 4 members (excludes halogenated alkanes) is 5. The molecule has 0 heterocycles. The number of benzene rings is 2. The average molecular weight is 388 g/mol. The minimum atomic E-state index is -0.708. The molecule has 8 heteroatoms. The normalized spacial score (nSPS) is 10.5. The average Bonchev–Trinajstić information content (AvgIpc) is 2.68. The molecule has 0 aromatic heterocycles. The quantitative estimate of drug-likeness (QED) is 0.249. The van der Waals surface area contributed by atoms with Crippen molar-refractivity contribution >= 4 is 11.4 Å². The number of nitrogens with zero attached hydrogens (tertiary/aromatic N) is 2. The lowest BCUT2D eigenvalue weighted by atomic mass is 10.1. The molecule has 2 rings (SSSR count). The molecular weight excluding hydrogens is 364 g/mol. The van der Waals surface area contributed by atoms with Crippen molar-refractivity contribution in [3.05, 3.63) is 62.7 Å². The summed E-state index contributed by atoms with van der Waals surface area (Å²) in [6.45, 7) is 2.83. The van der Waals surface area contributed by atoms with Crippen molar-refractivity contribution in [2.24, 2.45) is 0 Å². The standard InChI is InChI=1S/C20H24N2O6/c1-2-3-4-5-6-7-14-27-17-9-11-18(12-10-17)28-20-13-8-16(21(23)24)15-19(20)22(25)26/h8-13,15H,2-7,14H2,1H3. The van der Waals surface area contributed by atoms with E-state index in [0.717, 1.165) is 18.9 Å². The number of non-ortho nitro benzene ring substituents is 1. The van der Waals surface area contributed by atoms with Crippen molar-refractivity contribution < 1.29 is 19.3 Å². The Hall–Kier alpha value is -3.16. The molecule has 0 saturated carbocycles. The number of rotatable bonds is 12. The topological polar surface area (TPSA) is 105 Å². The van der Waals surface area contributed by atoms with Gasteiger partial charge in [-0.1, -0.05) is 39.0 Å². The third-order valence-electron chi connectivity index (χ3n) is 4.17. The van der Waals surface area contributed by atoms with Gasteiger partial charge < -0.3 is 9.47 Å². The monoisotopic (exact) mass is 388 g/mol. The highest BCUT2D eigenvalue weighted by Crippen LogP contribution is 2.34. The van der Waals surface area contributed by atoms with E-state index in [1.165, 1.54) is 37.8 Å². The van der Waals surface area contributed by atoms with Crippen LogP contribution in [0.15, 0.2) is 42.5 Å². The number of ether oxygens (including phenoxy) is 2. The molecule has 0 N–H and O–H groups in total. The first-order valence-electron chi connectivity index (χ1n) is 9.35. The summed E-state index contributed by atoms with van der Waals surface area (Å²) < 4.78 is 11.2. The number of nitro benzene ring substituents is 2. The second-order valence-electron chi connectivity index (χ2n) is 6.36. The van der Waals surface area contributed by atoms with Crippen LogP contribution < -0.4 is 9.47 Å². The van der Waals surface area contributed by atoms with E-state index in [9.17, 15) is 20.2 Å². The number of hydrogen-bond donors (Lipinski definition) is 0. The van der Waals surface area contributed by atoms with Gasteiger partial charge in [0, 0.05) is 6.07 Å². The van der Waals surface area contributed by atoms with E-state index in [4.69, 9.17) is 9.47 Å². The van der Waals surface area contributed by atoms with Crippen molar-refractivity contribution in [3.8, 4) is 17.2 Å². The van der Waals surface area contributed by atoms with Crippen LogP contribution in [0, 0.1) is 20.2 Å². The fraction of sp³-hybridized carbons (Fsp3) is 0.400. The van der Waals surface area contributed by atoms with Crippen molar-refractivity contribution in [2.45, 2.75) is 45.4 Å². The van der Waals surface area contributed by atoms with Crippen LogP contribution in [0.2, 0.25) is 0 Å². The van der Waals surface area contributed by atoms with E-state index in [1.54, 1.807) is 24.3 Å². The first-order chi connectivity index (χ1) is 13.5. The third-order valence-corrected chi connectivity index (χ3v) is 4.17. The lowest BCUT2D eigenvalue weighted by Gasteiger charge is -2.09. The summed E-state index contributed by atoms with van der Waals surface area (Å²) in [6, 6.07) is 10.0. The first kappa shape index (κ1) is 21.1. The van der Waals surface area contributed by atoms with Gasteiger partial charge in [-0.25, -0.2) is 0 Å². The molecule has 28 heavy (non-hydrogen) atoms. The van der Waals surface area contributed by atoms with Crippen molar-refractivity contribution in [1.82, 2.24) is 0 Å². The summed E-state index contributed by atoms with van der Waals surface area (Å²) in [7, 11) is 0. The Morgan fingerprint density at radius 2 is 1.46 bits per heavy atom. The van der Waals surface area contributed by atoms with Gasteiger partial charge in [0.15, 0.2) is 0 Å². The largest absolute Gasteiger partial charge is 0.494 e. The molecule has 0 aliphatic rings. The zero-order chi connectivity index (χ0) is 20.4. The summed E-state index contributed by atoms with van der Waals surface area (Å²) >= 11 is 0. The molecule has 2 aromatic carbocycles. The Labute approximate surface area is 163 Å². The highest BCUT2D eigenvalue weighted by molar-refractivity contribution is 5.54. The van der Waals surface area contributed by atoms with Crippen LogP contribution in [0.5, 0.6) is 17.2 Å². The second kappa shape index (κ2) is 10.9. The van der Waals surface area contributed by atoms with E-state index in [1.807, 2.05) is 0 Å². The Morgan fingerprint density at radius 3 is 2.11 bits per heavy atom. The summed E-state index contributed by atoms with van der Waals surface area (Å²) in [5.41, 5.74) is -0.824. The van der Waals surface area contributed by atoms with Crippen LogP contribution in [-0.4, -0.2) is 16.5 Å². The van der Waals surface area contributed by atoms with E-state index < -0.39 is 15.5 Å². The van der Waals surface area contributed by atoms with Gasteiger partial charge >= 0.3 is 5.69 Å². The SMILES string of the molecule is CCCCCCCCOc1ccc(Oc2ccc([N+](=O)[O-])cc2[N+](=O)[O-])cc1. The summed E-state index contributed by atoms with van der Waals surface area (Å²) in [5, 5.41) is 21.9. The zero-order valence-electron chi connectivity index (χ0n) is 15.8. The molecule has 2 aromatic rings. The van der Waals surface area contributed by atoms with Crippen LogP contribution in [0.1, 0.15) is 45.4 Å². The minimum absolute atomic E-state index is 0.0589. The summed E-state index contributed by atoms with van der Waals surface area (Å²) in [4.78, 5) is 20.5. The fourth-order valence-electron chi connectivity index (χ4n) is 2.65. The molecule has 0 aliphatic heterocycles. The Kier molecular flexibility index (Phi) is 8.20. The Bertz CT molecular complexity index is 792. The van der Waals surface area contributed by atoms with Gasteiger partial charge in [0.2, 0.25) is 5.75 Å². The number of hydrogen-bond acceptors (Lipinski definition) is 6. The van der Waals surface area contributed by atoms with Crippen LogP contribution in [0.25, 0.3) is 0 Å². The van der Waals surface area contributed by atoms with Gasteiger partial charge in [0.05, 0.1) is 22.5 Å². The molecule has 0 spiro atoms. The van der Waals surface area contributed by atoms with Gasteiger partial charge in [0.25, 0.3) is 5.69 Å².